The van der Waals surface area contributed by atoms with E-state index < -0.39 is 0 Å². The van der Waals surface area contributed by atoms with E-state index in [2.05, 4.69) is 20.6 Å². The van der Waals surface area contributed by atoms with E-state index in [1.54, 1.807) is 30.6 Å². The number of halogens is 1. The highest BCUT2D eigenvalue weighted by Gasteiger charge is 2.20. The van der Waals surface area contributed by atoms with Gasteiger partial charge in [0.1, 0.15) is 5.82 Å². The molecule has 1 amide bonds. The van der Waals surface area contributed by atoms with Crippen LogP contribution < -0.4 is 10.6 Å². The first-order valence-electron chi connectivity index (χ1n) is 7.54. The lowest BCUT2D eigenvalue weighted by atomic mass is 10.1. The molecule has 2 aromatic heterocycles. The molecule has 120 valence electrons. The molecule has 0 saturated carbocycles. The molecule has 1 aliphatic heterocycles. The minimum atomic E-state index is -0.293. The number of rotatable bonds is 3. The molecule has 3 aromatic rings. The fourth-order valence-corrected chi connectivity index (χ4v) is 2.73. The Morgan fingerprint density at radius 3 is 2.62 bits per heavy atom. The van der Waals surface area contributed by atoms with Gasteiger partial charge < -0.3 is 15.2 Å². The van der Waals surface area contributed by atoms with E-state index in [1.165, 1.54) is 12.1 Å². The van der Waals surface area contributed by atoms with Gasteiger partial charge in [-0.2, -0.15) is 0 Å². The summed E-state index contributed by atoms with van der Waals surface area (Å²) >= 11 is 0. The van der Waals surface area contributed by atoms with Crippen molar-refractivity contribution in [3.05, 3.63) is 66.0 Å². The summed E-state index contributed by atoms with van der Waals surface area (Å²) in [6.45, 7) is 0.626. The highest BCUT2D eigenvalue weighted by atomic mass is 19.1. The number of carbonyl (C=O) groups is 1. The quantitative estimate of drug-likeness (QED) is 0.776. The summed E-state index contributed by atoms with van der Waals surface area (Å²) in [6.07, 6.45) is 5.99. The van der Waals surface area contributed by atoms with Crippen molar-refractivity contribution in [1.29, 1.82) is 0 Å². The normalized spacial score (nSPS) is 13.3. The third-order valence-electron chi connectivity index (χ3n) is 3.90. The van der Waals surface area contributed by atoms with Crippen LogP contribution in [0.15, 0.2) is 48.9 Å². The summed E-state index contributed by atoms with van der Waals surface area (Å²) in [4.78, 5) is 20.4. The Kier molecular flexibility index (Phi) is 3.45. The maximum atomic E-state index is 12.9. The Morgan fingerprint density at radius 2 is 1.88 bits per heavy atom. The van der Waals surface area contributed by atoms with Crippen molar-refractivity contribution in [1.82, 2.24) is 19.9 Å². The predicted molar refractivity (Wildman–Crippen MR) is 87.1 cm³/mol. The van der Waals surface area contributed by atoms with E-state index in [4.69, 9.17) is 0 Å². The maximum absolute atomic E-state index is 12.9. The lowest BCUT2D eigenvalue weighted by molar-refractivity contribution is 0.0945. The van der Waals surface area contributed by atoms with Crippen molar-refractivity contribution >= 4 is 17.5 Å². The monoisotopic (exact) mass is 323 g/mol. The average molecular weight is 323 g/mol. The molecule has 4 rings (SSSR count). The van der Waals surface area contributed by atoms with Crippen LogP contribution in [0.5, 0.6) is 0 Å². The van der Waals surface area contributed by atoms with Crippen molar-refractivity contribution in [3.63, 3.8) is 0 Å². The Bertz CT molecular complexity index is 886. The summed E-state index contributed by atoms with van der Waals surface area (Å²) in [5.74, 6) is 0.0767. The van der Waals surface area contributed by atoms with Crippen molar-refractivity contribution in [3.8, 4) is 5.69 Å². The molecule has 1 aromatic carbocycles. The smallest absolute Gasteiger partial charge is 0.253 e. The molecule has 24 heavy (non-hydrogen) atoms. The number of anilines is 2. The first kappa shape index (κ1) is 14.4. The van der Waals surface area contributed by atoms with Crippen molar-refractivity contribution in [2.24, 2.45) is 0 Å². The lowest BCUT2D eigenvalue weighted by Gasteiger charge is -2.16. The van der Waals surface area contributed by atoms with Crippen LogP contribution in [0.4, 0.5) is 16.0 Å². The zero-order valence-electron chi connectivity index (χ0n) is 12.7. The van der Waals surface area contributed by atoms with Crippen molar-refractivity contribution in [2.45, 2.75) is 6.42 Å². The molecule has 0 aliphatic carbocycles. The van der Waals surface area contributed by atoms with Crippen molar-refractivity contribution in [2.75, 3.05) is 11.9 Å². The summed E-state index contributed by atoms with van der Waals surface area (Å²) in [5, 5.41) is 5.83. The molecular weight excluding hydrogens is 309 g/mol. The van der Waals surface area contributed by atoms with E-state index in [0.29, 0.717) is 23.7 Å². The molecule has 7 heteroatoms. The summed E-state index contributed by atoms with van der Waals surface area (Å²) in [6, 6.07) is 7.78. The Morgan fingerprint density at radius 1 is 1.12 bits per heavy atom. The molecule has 6 nitrogen and oxygen atoms in total. The van der Waals surface area contributed by atoms with Crippen LogP contribution in [0.3, 0.4) is 0 Å². The number of benzene rings is 1. The molecule has 0 saturated heterocycles. The van der Waals surface area contributed by atoms with Gasteiger partial charge in [0.15, 0.2) is 0 Å². The second-order valence-electron chi connectivity index (χ2n) is 5.45. The fraction of sp³-hybridized carbons (Fsp3) is 0.118. The number of fused-ring (bicyclic) bond motifs is 1. The first-order valence-corrected chi connectivity index (χ1v) is 7.54. The van der Waals surface area contributed by atoms with Crippen molar-refractivity contribution < 1.29 is 9.18 Å². The minimum Gasteiger partial charge on any atom is -0.352 e. The van der Waals surface area contributed by atoms with Gasteiger partial charge in [0.25, 0.3) is 5.91 Å². The highest BCUT2D eigenvalue weighted by molar-refractivity contribution is 5.96. The molecule has 3 heterocycles. The van der Waals surface area contributed by atoms with Gasteiger partial charge in [-0.05, 0) is 30.3 Å². The molecular formula is C17H14FN5O. The first-order chi connectivity index (χ1) is 11.7. The lowest BCUT2D eigenvalue weighted by Crippen LogP contribution is -2.32. The standard InChI is InChI=1S/C17H14FN5O/c18-11-1-3-12(4-2-11)22-17-20-9-13(10-21-17)23-8-6-14-15(23)5-7-19-16(14)24/h1-4,6,8-10H,5,7H2,(H,19,24)(H,20,21,22). The molecule has 0 fully saturated rings. The van der Waals surface area contributed by atoms with E-state index in [0.717, 1.165) is 17.8 Å². The van der Waals surface area contributed by atoms with Crippen LogP contribution in [-0.4, -0.2) is 27.0 Å². The summed E-state index contributed by atoms with van der Waals surface area (Å²) in [7, 11) is 0. The predicted octanol–water partition coefficient (Wildman–Crippen LogP) is 2.44. The van der Waals surface area contributed by atoms with E-state index in [1.807, 2.05) is 10.8 Å². The van der Waals surface area contributed by atoms with Gasteiger partial charge in [-0.15, -0.1) is 0 Å². The molecule has 2 N–H and O–H groups in total. The van der Waals surface area contributed by atoms with Gasteiger partial charge in [0, 0.05) is 30.5 Å². The van der Waals surface area contributed by atoms with Crippen LogP contribution in [0.2, 0.25) is 0 Å². The number of hydrogen-bond acceptors (Lipinski definition) is 4. The average Bonchev–Trinajstić information content (AvgIpc) is 3.03. The third kappa shape index (κ3) is 2.60. The van der Waals surface area contributed by atoms with Crippen LogP contribution in [-0.2, 0) is 6.42 Å². The SMILES string of the molecule is O=C1NCCc2c1ccn2-c1cnc(Nc2ccc(F)cc2)nc1. The zero-order chi connectivity index (χ0) is 16.5. The fourth-order valence-electron chi connectivity index (χ4n) is 2.73. The van der Waals surface area contributed by atoms with Gasteiger partial charge in [-0.3, -0.25) is 4.79 Å². The van der Waals surface area contributed by atoms with Gasteiger partial charge in [0.2, 0.25) is 5.95 Å². The van der Waals surface area contributed by atoms with E-state index in [9.17, 15) is 9.18 Å². The largest absolute Gasteiger partial charge is 0.352 e. The van der Waals surface area contributed by atoms with Crippen LogP contribution >= 0.6 is 0 Å². The van der Waals surface area contributed by atoms with E-state index in [-0.39, 0.29) is 11.7 Å². The summed E-state index contributed by atoms with van der Waals surface area (Å²) in [5.41, 5.74) is 3.14. The Labute approximate surface area is 137 Å². The topological polar surface area (TPSA) is 71.8 Å². The number of nitrogens with one attached hydrogen (secondary N) is 2. The Hall–Kier alpha value is -3.22. The number of carbonyl (C=O) groups excluding carboxylic acids is 1. The highest BCUT2D eigenvalue weighted by Crippen LogP contribution is 2.20. The molecule has 0 bridgehead atoms. The molecule has 0 atom stereocenters. The van der Waals surface area contributed by atoms with Crippen LogP contribution in [0.1, 0.15) is 16.1 Å². The molecule has 1 aliphatic rings. The third-order valence-corrected chi connectivity index (χ3v) is 3.90. The van der Waals surface area contributed by atoms with Gasteiger partial charge >= 0.3 is 0 Å². The van der Waals surface area contributed by atoms with Crippen LogP contribution in [0.25, 0.3) is 5.69 Å². The number of nitrogens with zero attached hydrogens (tertiary/aromatic N) is 3. The Balaban J connectivity index is 1.58. The second kappa shape index (κ2) is 5.77. The minimum absolute atomic E-state index is 0.0504. The second-order valence-corrected chi connectivity index (χ2v) is 5.45. The van der Waals surface area contributed by atoms with E-state index >= 15 is 0 Å². The number of amides is 1. The molecule has 0 radical (unpaired) electrons. The molecule has 0 spiro atoms. The maximum Gasteiger partial charge on any atom is 0.253 e. The van der Waals surface area contributed by atoms with Crippen LogP contribution in [0, 0.1) is 5.82 Å². The van der Waals surface area contributed by atoms with Gasteiger partial charge in [-0.25, -0.2) is 14.4 Å². The number of hydrogen-bond donors (Lipinski definition) is 2. The zero-order valence-corrected chi connectivity index (χ0v) is 12.7. The summed E-state index contributed by atoms with van der Waals surface area (Å²) < 4.78 is 14.8. The molecule has 0 unspecified atom stereocenters. The van der Waals surface area contributed by atoms with Gasteiger partial charge in [-0.1, -0.05) is 0 Å². The number of aromatic nitrogens is 3. The van der Waals surface area contributed by atoms with Gasteiger partial charge in [0.05, 0.1) is 23.6 Å².